The van der Waals surface area contributed by atoms with Crippen molar-refractivity contribution in [3.63, 3.8) is 0 Å². The number of methoxy groups -OCH3 is 1. The summed E-state index contributed by atoms with van der Waals surface area (Å²) in [6.07, 6.45) is 1.94. The van der Waals surface area contributed by atoms with E-state index in [1.807, 2.05) is 67.3 Å². The third kappa shape index (κ3) is 5.17. The fourth-order valence-electron chi connectivity index (χ4n) is 3.90. The van der Waals surface area contributed by atoms with Crippen LogP contribution in [0.25, 0.3) is 0 Å². The van der Waals surface area contributed by atoms with Gasteiger partial charge in [-0.2, -0.15) is 0 Å². The lowest BCUT2D eigenvalue weighted by Crippen LogP contribution is -2.52. The van der Waals surface area contributed by atoms with Crippen LogP contribution in [-0.4, -0.2) is 36.9 Å². The number of nitrogens with one attached hydrogen (secondary N) is 1. The Morgan fingerprint density at radius 2 is 1.97 bits per heavy atom. The number of ether oxygens (including phenoxy) is 1. The van der Waals surface area contributed by atoms with Gasteiger partial charge >= 0.3 is 0 Å². The topological polar surface area (TPSA) is 58.6 Å². The predicted molar refractivity (Wildman–Crippen MR) is 114 cm³/mol. The molecular weight excluding hydrogens is 364 g/mol. The summed E-state index contributed by atoms with van der Waals surface area (Å²) in [6, 6.07) is 15.6. The summed E-state index contributed by atoms with van der Waals surface area (Å²) in [5, 5.41) is 3.08. The minimum absolute atomic E-state index is 0.0135. The average Bonchev–Trinajstić information content (AvgIpc) is 2.73. The lowest BCUT2D eigenvalue weighted by atomic mass is 9.80. The molecule has 1 aliphatic rings. The van der Waals surface area contributed by atoms with Gasteiger partial charge in [0, 0.05) is 19.6 Å². The Hall–Kier alpha value is -2.82. The highest BCUT2D eigenvalue weighted by Gasteiger charge is 2.39. The molecule has 1 heterocycles. The zero-order valence-corrected chi connectivity index (χ0v) is 17.5. The van der Waals surface area contributed by atoms with Gasteiger partial charge in [0.15, 0.2) is 0 Å². The first-order valence-electron chi connectivity index (χ1n) is 10.1. The summed E-state index contributed by atoms with van der Waals surface area (Å²) >= 11 is 0. The summed E-state index contributed by atoms with van der Waals surface area (Å²) in [5.41, 5.74) is 2.64. The highest BCUT2D eigenvalue weighted by atomic mass is 16.5. The Kier molecular flexibility index (Phi) is 6.57. The van der Waals surface area contributed by atoms with E-state index in [2.05, 4.69) is 5.32 Å². The number of carbonyl (C=O) groups is 2. The number of nitrogens with zero attached hydrogens (tertiary/aromatic N) is 1. The van der Waals surface area contributed by atoms with Gasteiger partial charge in [0.05, 0.1) is 18.9 Å². The van der Waals surface area contributed by atoms with Crippen molar-refractivity contribution in [2.75, 3.05) is 20.2 Å². The van der Waals surface area contributed by atoms with E-state index in [9.17, 15) is 9.59 Å². The maximum Gasteiger partial charge on any atom is 0.227 e. The molecule has 0 radical (unpaired) electrons. The predicted octanol–water partition coefficient (Wildman–Crippen LogP) is 3.49. The van der Waals surface area contributed by atoms with Crippen LogP contribution in [0.3, 0.4) is 0 Å². The van der Waals surface area contributed by atoms with Crippen LogP contribution in [0.15, 0.2) is 48.5 Å². The zero-order valence-electron chi connectivity index (χ0n) is 17.5. The number of rotatable bonds is 6. The summed E-state index contributed by atoms with van der Waals surface area (Å²) in [4.78, 5) is 27.6. The number of hydrogen-bond acceptors (Lipinski definition) is 3. The van der Waals surface area contributed by atoms with Crippen LogP contribution in [-0.2, 0) is 22.6 Å². The van der Waals surface area contributed by atoms with Crippen LogP contribution >= 0.6 is 0 Å². The molecule has 0 aromatic heterocycles. The van der Waals surface area contributed by atoms with Gasteiger partial charge in [-0.1, -0.05) is 36.4 Å². The van der Waals surface area contributed by atoms with E-state index in [0.717, 1.165) is 35.3 Å². The molecule has 2 aromatic carbocycles. The van der Waals surface area contributed by atoms with Gasteiger partial charge in [-0.3, -0.25) is 9.59 Å². The number of carbonyl (C=O) groups excluding carboxylic acids is 2. The van der Waals surface area contributed by atoms with Gasteiger partial charge in [-0.05, 0) is 55.5 Å². The Morgan fingerprint density at radius 1 is 1.17 bits per heavy atom. The molecule has 29 heavy (non-hydrogen) atoms. The number of amides is 2. The molecular formula is C24H30N2O3. The fourth-order valence-corrected chi connectivity index (χ4v) is 3.90. The second-order valence-electron chi connectivity index (χ2n) is 8.12. The van der Waals surface area contributed by atoms with Crippen molar-refractivity contribution in [2.45, 2.75) is 39.7 Å². The zero-order chi connectivity index (χ0) is 20.9. The average molecular weight is 395 g/mol. The third-order valence-corrected chi connectivity index (χ3v) is 5.79. The Bertz CT molecular complexity index is 880. The Balaban J connectivity index is 1.61. The van der Waals surface area contributed by atoms with Gasteiger partial charge in [-0.25, -0.2) is 0 Å². The van der Waals surface area contributed by atoms with Crippen molar-refractivity contribution in [1.82, 2.24) is 10.2 Å². The van der Waals surface area contributed by atoms with Crippen molar-refractivity contribution in [3.8, 4) is 5.75 Å². The molecule has 5 heteroatoms. The van der Waals surface area contributed by atoms with Gasteiger partial charge in [-0.15, -0.1) is 0 Å². The van der Waals surface area contributed by atoms with E-state index < -0.39 is 5.41 Å². The van der Waals surface area contributed by atoms with Gasteiger partial charge in [0.2, 0.25) is 11.8 Å². The van der Waals surface area contributed by atoms with Crippen LogP contribution in [0.4, 0.5) is 0 Å². The molecule has 1 fully saturated rings. The van der Waals surface area contributed by atoms with Crippen molar-refractivity contribution < 1.29 is 14.3 Å². The van der Waals surface area contributed by atoms with Crippen LogP contribution in [0.1, 0.15) is 36.5 Å². The SMILES string of the molecule is COc1cccc(CC(=O)N2CCC[C@](C)(C(=O)NCc3ccccc3C)C2)c1. The number of piperidine rings is 1. The van der Waals surface area contributed by atoms with E-state index in [1.54, 1.807) is 7.11 Å². The maximum absolute atomic E-state index is 12.9. The first-order chi connectivity index (χ1) is 13.9. The van der Waals surface area contributed by atoms with Gasteiger partial charge < -0.3 is 15.0 Å². The highest BCUT2D eigenvalue weighted by Crippen LogP contribution is 2.30. The maximum atomic E-state index is 12.9. The first-order valence-corrected chi connectivity index (χ1v) is 10.1. The number of hydrogen-bond donors (Lipinski definition) is 1. The lowest BCUT2D eigenvalue weighted by Gasteiger charge is -2.39. The minimum atomic E-state index is -0.565. The number of likely N-dealkylation sites (tertiary alicyclic amines) is 1. The van der Waals surface area contributed by atoms with Crippen LogP contribution in [0.5, 0.6) is 5.75 Å². The lowest BCUT2D eigenvalue weighted by molar-refractivity contribution is -0.140. The van der Waals surface area contributed by atoms with E-state index in [4.69, 9.17) is 4.74 Å². The summed E-state index contributed by atoms with van der Waals surface area (Å²) in [6.45, 7) is 5.67. The second kappa shape index (κ2) is 9.12. The van der Waals surface area contributed by atoms with E-state index in [0.29, 0.717) is 26.1 Å². The number of aryl methyl sites for hydroxylation is 1. The highest BCUT2D eigenvalue weighted by molar-refractivity contribution is 5.85. The summed E-state index contributed by atoms with van der Waals surface area (Å²) in [7, 11) is 1.62. The molecule has 1 atom stereocenters. The molecule has 1 N–H and O–H groups in total. The molecule has 0 saturated carbocycles. The van der Waals surface area contributed by atoms with Crippen LogP contribution in [0.2, 0.25) is 0 Å². The Morgan fingerprint density at radius 3 is 2.72 bits per heavy atom. The third-order valence-electron chi connectivity index (χ3n) is 5.79. The first kappa shape index (κ1) is 20.9. The molecule has 1 saturated heterocycles. The normalized spacial score (nSPS) is 18.9. The monoisotopic (exact) mass is 394 g/mol. The van der Waals surface area contributed by atoms with E-state index in [1.165, 1.54) is 0 Å². The molecule has 0 bridgehead atoms. The van der Waals surface area contributed by atoms with Crippen molar-refractivity contribution in [1.29, 1.82) is 0 Å². The smallest absolute Gasteiger partial charge is 0.227 e. The fraction of sp³-hybridized carbons (Fsp3) is 0.417. The molecule has 3 rings (SSSR count). The van der Waals surface area contributed by atoms with E-state index in [-0.39, 0.29) is 11.8 Å². The molecule has 0 aliphatic carbocycles. The standard InChI is InChI=1S/C24H30N2O3/c1-18-8-4-5-10-20(18)16-25-23(28)24(2)12-7-13-26(17-24)22(27)15-19-9-6-11-21(14-19)29-3/h4-6,8-11,14H,7,12-13,15-17H2,1-3H3,(H,25,28)/t24-/m0/s1. The molecule has 2 aromatic rings. The quantitative estimate of drug-likeness (QED) is 0.816. The van der Waals surface area contributed by atoms with E-state index >= 15 is 0 Å². The molecule has 0 unspecified atom stereocenters. The van der Waals surface area contributed by atoms with Crippen molar-refractivity contribution >= 4 is 11.8 Å². The molecule has 0 spiro atoms. The summed E-state index contributed by atoms with van der Waals surface area (Å²) in [5.74, 6) is 0.810. The minimum Gasteiger partial charge on any atom is -0.497 e. The largest absolute Gasteiger partial charge is 0.497 e. The van der Waals surface area contributed by atoms with Crippen LogP contribution < -0.4 is 10.1 Å². The van der Waals surface area contributed by atoms with Crippen LogP contribution in [0, 0.1) is 12.3 Å². The molecule has 2 amide bonds. The molecule has 5 nitrogen and oxygen atoms in total. The molecule has 1 aliphatic heterocycles. The molecule has 154 valence electrons. The second-order valence-corrected chi connectivity index (χ2v) is 8.12. The van der Waals surface area contributed by atoms with Gasteiger partial charge in [0.25, 0.3) is 0 Å². The number of benzene rings is 2. The van der Waals surface area contributed by atoms with Crippen molar-refractivity contribution in [3.05, 3.63) is 65.2 Å². The summed E-state index contributed by atoms with van der Waals surface area (Å²) < 4.78 is 5.24. The Labute approximate surface area is 173 Å². The van der Waals surface area contributed by atoms with Gasteiger partial charge in [0.1, 0.15) is 5.75 Å². The van der Waals surface area contributed by atoms with Crippen molar-refractivity contribution in [2.24, 2.45) is 5.41 Å².